The average Bonchev–Trinajstić information content (AvgIpc) is 3.29. The molecule has 3 aromatic rings. The lowest BCUT2D eigenvalue weighted by Gasteiger charge is -2.10. The number of carbonyl (C=O) groups excluding carboxylic acids is 2. The number of methoxy groups -OCH3 is 1. The number of aryl methyl sites for hydroxylation is 1. The van der Waals surface area contributed by atoms with Crippen molar-refractivity contribution in [2.75, 3.05) is 12.1 Å². The van der Waals surface area contributed by atoms with Gasteiger partial charge < -0.3 is 14.5 Å². The number of anilines is 1. The van der Waals surface area contributed by atoms with E-state index in [1.54, 1.807) is 25.5 Å². The molecule has 4 rings (SSSR count). The molecule has 0 aliphatic carbocycles. The van der Waals surface area contributed by atoms with Crippen LogP contribution >= 0.6 is 0 Å². The van der Waals surface area contributed by atoms with E-state index in [0.717, 1.165) is 27.7 Å². The van der Waals surface area contributed by atoms with Gasteiger partial charge in [-0.3, -0.25) is 9.59 Å². The van der Waals surface area contributed by atoms with E-state index in [4.69, 9.17) is 9.15 Å². The summed E-state index contributed by atoms with van der Waals surface area (Å²) in [5.41, 5.74) is 3.90. The number of amides is 2. The molecule has 7 nitrogen and oxygen atoms in total. The number of ether oxygens (including phenoxy) is 1. The molecule has 0 saturated carbocycles. The van der Waals surface area contributed by atoms with Crippen LogP contribution in [0.5, 0.6) is 5.75 Å². The highest BCUT2D eigenvalue weighted by atomic mass is 16.5. The number of nitrogens with zero attached hydrogens (tertiary/aromatic N) is 2. The number of nitrogens with one attached hydrogen (secondary N) is 1. The zero-order chi connectivity index (χ0) is 21.3. The Morgan fingerprint density at radius 2 is 2.03 bits per heavy atom. The normalized spacial score (nSPS) is 14.2. The first-order valence-electron chi connectivity index (χ1n) is 9.47. The minimum Gasteiger partial charge on any atom is -0.496 e. The lowest BCUT2D eigenvalue weighted by Crippen LogP contribution is -2.28. The summed E-state index contributed by atoms with van der Waals surface area (Å²) >= 11 is 0. The Kier molecular flexibility index (Phi) is 5.10. The lowest BCUT2D eigenvalue weighted by molar-refractivity contribution is -0.116. The third-order valence-electron chi connectivity index (χ3n) is 4.91. The number of hydrogen-bond acceptors (Lipinski definition) is 5. The highest BCUT2D eigenvalue weighted by Gasteiger charge is 2.26. The van der Waals surface area contributed by atoms with Crippen LogP contribution in [0, 0.1) is 6.92 Å². The van der Waals surface area contributed by atoms with Gasteiger partial charge in [-0.15, -0.1) is 0 Å². The topological polar surface area (TPSA) is 84.1 Å². The number of carbonyl (C=O) groups is 2. The van der Waals surface area contributed by atoms with Crippen LogP contribution in [0.3, 0.4) is 0 Å². The van der Waals surface area contributed by atoms with Gasteiger partial charge >= 0.3 is 0 Å². The van der Waals surface area contributed by atoms with E-state index in [1.807, 2.05) is 44.2 Å². The molecule has 1 aromatic heterocycles. The summed E-state index contributed by atoms with van der Waals surface area (Å²) in [5.74, 6) is 0.368. The van der Waals surface area contributed by atoms with E-state index in [2.05, 4.69) is 10.4 Å². The van der Waals surface area contributed by atoms with Gasteiger partial charge in [0.1, 0.15) is 17.2 Å². The molecule has 7 heteroatoms. The van der Waals surface area contributed by atoms with Gasteiger partial charge in [-0.2, -0.15) is 10.1 Å². The first kappa shape index (κ1) is 19.4. The summed E-state index contributed by atoms with van der Waals surface area (Å²) in [5, 5.41) is 9.20. The Bertz CT molecular complexity index is 1190. The number of furan rings is 1. The Morgan fingerprint density at radius 3 is 2.77 bits per heavy atom. The van der Waals surface area contributed by atoms with Gasteiger partial charge in [-0.25, -0.2) is 0 Å². The standard InChI is InChI=1S/C23H21N3O4/c1-14(17-10-18-15(2)13-30-20(18)11-19(17)29-3)9-22(27)24-21-12-23(28)26(25-21)16-7-5-4-6-8-16/h4-11,13H,12H2,1-3H3,(H,24,25,27)/b14-9+. The molecule has 0 bridgehead atoms. The molecular weight excluding hydrogens is 382 g/mol. The molecule has 0 unspecified atom stereocenters. The predicted molar refractivity (Wildman–Crippen MR) is 115 cm³/mol. The molecule has 1 aliphatic heterocycles. The van der Waals surface area contributed by atoms with E-state index in [0.29, 0.717) is 17.3 Å². The summed E-state index contributed by atoms with van der Waals surface area (Å²) < 4.78 is 11.0. The molecule has 0 radical (unpaired) electrons. The van der Waals surface area contributed by atoms with Gasteiger partial charge in [0.2, 0.25) is 5.91 Å². The second-order valence-corrected chi connectivity index (χ2v) is 7.05. The SMILES string of the molecule is COc1cc2occ(C)c2cc1/C(C)=C/C(=O)NC1=NN(c2ccccc2)C(=O)C1. The maximum Gasteiger partial charge on any atom is 0.255 e. The van der Waals surface area contributed by atoms with Crippen molar-refractivity contribution in [1.29, 1.82) is 0 Å². The van der Waals surface area contributed by atoms with E-state index < -0.39 is 0 Å². The Hall–Kier alpha value is -3.87. The molecule has 0 saturated heterocycles. The van der Waals surface area contributed by atoms with Crippen molar-refractivity contribution in [2.45, 2.75) is 20.3 Å². The quantitative estimate of drug-likeness (QED) is 0.667. The smallest absolute Gasteiger partial charge is 0.255 e. The molecule has 2 amide bonds. The van der Waals surface area contributed by atoms with Crippen molar-refractivity contribution in [1.82, 2.24) is 5.32 Å². The minimum absolute atomic E-state index is 0.0387. The molecule has 0 fully saturated rings. The maximum atomic E-state index is 12.6. The first-order valence-corrected chi connectivity index (χ1v) is 9.47. The van der Waals surface area contributed by atoms with Crippen LogP contribution < -0.4 is 15.1 Å². The van der Waals surface area contributed by atoms with Crippen molar-refractivity contribution in [3.05, 3.63) is 65.9 Å². The second kappa shape index (κ2) is 7.87. The highest BCUT2D eigenvalue weighted by Crippen LogP contribution is 2.33. The van der Waals surface area contributed by atoms with Crippen LogP contribution in [0.4, 0.5) is 5.69 Å². The summed E-state index contributed by atoms with van der Waals surface area (Å²) in [4.78, 5) is 24.8. The number of fused-ring (bicyclic) bond motifs is 1. The Labute approximate surface area is 173 Å². The number of amidine groups is 1. The second-order valence-electron chi connectivity index (χ2n) is 7.05. The van der Waals surface area contributed by atoms with Crippen molar-refractivity contribution in [3.63, 3.8) is 0 Å². The van der Waals surface area contributed by atoms with E-state index in [-0.39, 0.29) is 18.2 Å². The van der Waals surface area contributed by atoms with Crippen LogP contribution in [0.1, 0.15) is 24.5 Å². The highest BCUT2D eigenvalue weighted by molar-refractivity contribution is 6.17. The summed E-state index contributed by atoms with van der Waals surface area (Å²) in [7, 11) is 1.57. The third-order valence-corrected chi connectivity index (χ3v) is 4.91. The summed E-state index contributed by atoms with van der Waals surface area (Å²) in [6.07, 6.45) is 3.20. The van der Waals surface area contributed by atoms with E-state index in [1.165, 1.54) is 11.1 Å². The number of rotatable bonds is 4. The average molecular weight is 403 g/mol. The molecule has 30 heavy (non-hydrogen) atoms. The molecule has 2 aromatic carbocycles. The molecule has 152 valence electrons. The Balaban J connectivity index is 1.55. The fourth-order valence-electron chi connectivity index (χ4n) is 3.38. The first-order chi connectivity index (χ1) is 14.5. The van der Waals surface area contributed by atoms with Crippen molar-refractivity contribution >= 4 is 39.9 Å². The van der Waals surface area contributed by atoms with Gasteiger partial charge in [0.05, 0.1) is 25.5 Å². The molecule has 0 atom stereocenters. The van der Waals surface area contributed by atoms with Crippen molar-refractivity contribution < 1.29 is 18.7 Å². The van der Waals surface area contributed by atoms with Crippen LogP contribution in [0.15, 0.2) is 64.3 Å². The van der Waals surface area contributed by atoms with Crippen LogP contribution in [-0.2, 0) is 9.59 Å². The molecule has 0 spiro atoms. The summed E-state index contributed by atoms with van der Waals surface area (Å²) in [6.45, 7) is 3.79. The zero-order valence-electron chi connectivity index (χ0n) is 16.9. The number of benzene rings is 2. The van der Waals surface area contributed by atoms with Crippen LogP contribution in [0.2, 0.25) is 0 Å². The molecular formula is C23H21N3O4. The van der Waals surface area contributed by atoms with E-state index >= 15 is 0 Å². The fraction of sp³-hybridized carbons (Fsp3) is 0.174. The largest absolute Gasteiger partial charge is 0.496 e. The monoisotopic (exact) mass is 403 g/mol. The van der Waals surface area contributed by atoms with E-state index in [9.17, 15) is 9.59 Å². The molecule has 1 N–H and O–H groups in total. The third kappa shape index (κ3) is 3.69. The lowest BCUT2D eigenvalue weighted by atomic mass is 10.0. The van der Waals surface area contributed by atoms with Crippen LogP contribution in [-0.4, -0.2) is 24.8 Å². The minimum atomic E-state index is -0.361. The van der Waals surface area contributed by atoms with Gasteiger partial charge in [-0.05, 0) is 43.2 Å². The van der Waals surface area contributed by atoms with Gasteiger partial charge in [0.25, 0.3) is 5.91 Å². The van der Waals surface area contributed by atoms with Crippen molar-refractivity contribution in [2.24, 2.45) is 5.10 Å². The number of hydrogen-bond donors (Lipinski definition) is 1. The van der Waals surface area contributed by atoms with Crippen LogP contribution in [0.25, 0.3) is 16.5 Å². The zero-order valence-corrected chi connectivity index (χ0v) is 16.9. The number of allylic oxidation sites excluding steroid dienone is 1. The number of para-hydroxylation sites is 1. The van der Waals surface area contributed by atoms with Gasteiger partial charge in [0.15, 0.2) is 0 Å². The number of hydrazone groups is 1. The van der Waals surface area contributed by atoms with Gasteiger partial charge in [0, 0.05) is 23.1 Å². The molecule has 2 heterocycles. The predicted octanol–water partition coefficient (Wildman–Crippen LogP) is 4.02. The Morgan fingerprint density at radius 1 is 1.27 bits per heavy atom. The molecule has 1 aliphatic rings. The van der Waals surface area contributed by atoms with Gasteiger partial charge in [-0.1, -0.05) is 18.2 Å². The van der Waals surface area contributed by atoms with Crippen molar-refractivity contribution in [3.8, 4) is 5.75 Å². The maximum absolute atomic E-state index is 12.6. The summed E-state index contributed by atoms with van der Waals surface area (Å²) in [6, 6.07) is 12.8. The fourth-order valence-corrected chi connectivity index (χ4v) is 3.38.